The summed E-state index contributed by atoms with van der Waals surface area (Å²) in [4.78, 5) is 19.6. The molecule has 37 heavy (non-hydrogen) atoms. The van der Waals surface area contributed by atoms with E-state index in [0.717, 1.165) is 10.9 Å². The Morgan fingerprint density at radius 3 is 2.62 bits per heavy atom. The third-order valence-electron chi connectivity index (χ3n) is 6.55. The molecule has 0 bridgehead atoms. The minimum absolute atomic E-state index is 0.0124. The molecule has 0 unspecified atom stereocenters. The summed E-state index contributed by atoms with van der Waals surface area (Å²) < 4.78 is 41.4. The Hall–Kier alpha value is -3.80. The number of piperidine rings is 1. The number of aliphatic hydroxyl groups excluding tert-OH is 1. The third kappa shape index (κ3) is 4.93. The van der Waals surface area contributed by atoms with E-state index in [1.807, 2.05) is 19.9 Å². The number of nitrogens with zero attached hydrogens (tertiary/aromatic N) is 7. The highest BCUT2D eigenvalue weighted by molar-refractivity contribution is 5.97. The first-order valence-corrected chi connectivity index (χ1v) is 12.0. The fraction of sp³-hybridized carbons (Fsp3) is 0.400. The molecule has 1 aliphatic rings. The molecule has 5 heterocycles. The van der Waals surface area contributed by atoms with Gasteiger partial charge >= 0.3 is 6.55 Å². The maximum absolute atomic E-state index is 14.7. The van der Waals surface area contributed by atoms with Crippen molar-refractivity contribution < 1.29 is 18.3 Å². The van der Waals surface area contributed by atoms with Crippen molar-refractivity contribution in [1.29, 1.82) is 0 Å². The van der Waals surface area contributed by atoms with Crippen LogP contribution in [0.15, 0.2) is 43.1 Å². The number of alkyl halides is 3. The number of nitrogens with one attached hydrogen (secondary N) is 1. The zero-order chi connectivity index (χ0) is 26.3. The van der Waals surface area contributed by atoms with E-state index in [1.54, 1.807) is 29.6 Å². The molecule has 1 saturated heterocycles. The lowest BCUT2D eigenvalue weighted by atomic mass is 9.94. The number of hydrogen-bond acceptors (Lipinski definition) is 8. The Kier molecular flexibility index (Phi) is 6.44. The molecule has 12 heteroatoms. The van der Waals surface area contributed by atoms with Crippen molar-refractivity contribution in [3.05, 3.63) is 48.7 Å². The van der Waals surface area contributed by atoms with Crippen LogP contribution in [-0.2, 0) is 0 Å². The van der Waals surface area contributed by atoms with E-state index in [1.165, 1.54) is 19.3 Å². The predicted octanol–water partition coefficient (Wildman–Crippen LogP) is 4.84. The van der Waals surface area contributed by atoms with Crippen LogP contribution in [0.3, 0.4) is 0 Å². The van der Waals surface area contributed by atoms with Gasteiger partial charge in [0.15, 0.2) is 5.67 Å². The predicted molar refractivity (Wildman–Crippen MR) is 134 cm³/mol. The van der Waals surface area contributed by atoms with E-state index in [9.17, 15) is 18.3 Å². The Bertz CT molecular complexity index is 1420. The summed E-state index contributed by atoms with van der Waals surface area (Å²) in [5.41, 5.74) is 0.199. The molecule has 5 rings (SSSR count). The van der Waals surface area contributed by atoms with Crippen molar-refractivity contribution in [3.63, 3.8) is 0 Å². The van der Waals surface area contributed by atoms with Crippen LogP contribution in [-0.4, -0.2) is 59.7 Å². The molecule has 1 fully saturated rings. The first-order chi connectivity index (χ1) is 17.6. The number of hydrogen-bond donors (Lipinski definition) is 2. The molecule has 2 atom stereocenters. The van der Waals surface area contributed by atoms with Gasteiger partial charge in [-0.15, -0.1) is 0 Å². The summed E-state index contributed by atoms with van der Waals surface area (Å²) in [5.74, 6) is 1.50. The molecule has 0 amide bonds. The largest absolute Gasteiger partial charge is 0.390 e. The van der Waals surface area contributed by atoms with Gasteiger partial charge in [0.1, 0.15) is 11.6 Å². The van der Waals surface area contributed by atoms with Gasteiger partial charge in [0.05, 0.1) is 24.5 Å². The molecule has 0 aliphatic carbocycles. The van der Waals surface area contributed by atoms with Crippen molar-refractivity contribution in [2.45, 2.75) is 51.4 Å². The van der Waals surface area contributed by atoms with Gasteiger partial charge in [-0.25, -0.2) is 19.0 Å². The first-order valence-electron chi connectivity index (χ1n) is 12.0. The normalized spacial score (nSPS) is 20.2. The number of aliphatic hydroxyl groups is 1. The number of aromatic nitrogens is 6. The molecule has 194 valence electrons. The van der Waals surface area contributed by atoms with Gasteiger partial charge in [-0.2, -0.15) is 18.9 Å². The van der Waals surface area contributed by atoms with Gasteiger partial charge in [-0.1, -0.05) is 13.8 Å². The summed E-state index contributed by atoms with van der Waals surface area (Å²) in [6.45, 7) is 3.15. The second kappa shape index (κ2) is 9.58. The van der Waals surface area contributed by atoms with Crippen LogP contribution in [0.4, 0.5) is 30.8 Å². The second-order valence-electron chi connectivity index (χ2n) is 9.69. The Morgan fingerprint density at radius 1 is 1.11 bits per heavy atom. The second-order valence-corrected chi connectivity index (χ2v) is 9.69. The zero-order valence-corrected chi connectivity index (χ0v) is 20.6. The SMILES string of the molecule is CC(C)c1cnc(-c2cnn(C(F)F)c2)c2cnc(Nc3ccnc(N4CC[C@@H](O)[C@@](C)(F)C4)n3)cc12. The van der Waals surface area contributed by atoms with Crippen LogP contribution < -0.4 is 10.2 Å². The molecule has 0 aromatic carbocycles. The van der Waals surface area contributed by atoms with Crippen molar-refractivity contribution in [2.24, 2.45) is 0 Å². The molecule has 4 aromatic heterocycles. The van der Waals surface area contributed by atoms with Crippen LogP contribution >= 0.6 is 0 Å². The molecule has 1 aliphatic heterocycles. The van der Waals surface area contributed by atoms with Crippen LogP contribution in [0.25, 0.3) is 22.0 Å². The van der Waals surface area contributed by atoms with Crippen molar-refractivity contribution in [3.8, 4) is 11.3 Å². The standard InChI is InChI=1S/C25H27F3N8O/c1-14(2)17-10-31-22(15-9-32-36(12-15)23(26)27)18-11-30-21(8-16(17)18)33-20-4-6-29-24(34-20)35-7-5-19(37)25(3,28)13-35/h4,6,8-12,14,19,23,37H,5,7,13H2,1-3H3,(H,29,30,33,34)/t19-,25+/m1/s1. The van der Waals surface area contributed by atoms with Gasteiger partial charge in [0.2, 0.25) is 5.95 Å². The third-order valence-corrected chi connectivity index (χ3v) is 6.55. The van der Waals surface area contributed by atoms with E-state index in [0.29, 0.717) is 45.5 Å². The first kappa shape index (κ1) is 24.9. The van der Waals surface area contributed by atoms with Gasteiger partial charge < -0.3 is 15.3 Å². The quantitative estimate of drug-likeness (QED) is 0.378. The highest BCUT2D eigenvalue weighted by Crippen LogP contribution is 2.34. The van der Waals surface area contributed by atoms with Gasteiger partial charge in [0.25, 0.3) is 0 Å². The van der Waals surface area contributed by atoms with E-state index in [4.69, 9.17) is 0 Å². The minimum atomic E-state index is -2.74. The van der Waals surface area contributed by atoms with E-state index < -0.39 is 18.3 Å². The summed E-state index contributed by atoms with van der Waals surface area (Å²) in [6, 6.07) is 3.55. The number of pyridine rings is 2. The van der Waals surface area contributed by atoms with E-state index in [2.05, 4.69) is 30.4 Å². The van der Waals surface area contributed by atoms with E-state index in [-0.39, 0.29) is 18.9 Å². The fourth-order valence-corrected chi connectivity index (χ4v) is 4.49. The molecule has 0 radical (unpaired) electrons. The smallest absolute Gasteiger partial charge is 0.333 e. The number of rotatable bonds is 6. The lowest BCUT2D eigenvalue weighted by Crippen LogP contribution is -2.52. The maximum Gasteiger partial charge on any atom is 0.333 e. The van der Waals surface area contributed by atoms with Crippen LogP contribution in [0, 0.1) is 0 Å². The summed E-state index contributed by atoms with van der Waals surface area (Å²) in [5, 5.41) is 18.4. The Labute approximate surface area is 211 Å². The average Bonchev–Trinajstić information content (AvgIpc) is 3.35. The molecule has 9 nitrogen and oxygen atoms in total. The Balaban J connectivity index is 1.47. The van der Waals surface area contributed by atoms with Crippen molar-refractivity contribution >= 4 is 28.4 Å². The van der Waals surface area contributed by atoms with Crippen LogP contribution in [0.5, 0.6) is 0 Å². The van der Waals surface area contributed by atoms with Crippen LogP contribution in [0.1, 0.15) is 45.2 Å². The summed E-state index contributed by atoms with van der Waals surface area (Å²) >= 11 is 0. The van der Waals surface area contributed by atoms with Crippen molar-refractivity contribution in [1.82, 2.24) is 29.7 Å². The molecular formula is C25H27F3N8O. The lowest BCUT2D eigenvalue weighted by molar-refractivity contribution is -0.00860. The molecular weight excluding hydrogens is 485 g/mol. The van der Waals surface area contributed by atoms with Gasteiger partial charge in [-0.3, -0.25) is 4.98 Å². The molecule has 0 saturated carbocycles. The molecule has 4 aromatic rings. The number of fused-ring (bicyclic) bond motifs is 1. The monoisotopic (exact) mass is 512 g/mol. The fourth-order valence-electron chi connectivity index (χ4n) is 4.49. The topological polar surface area (TPSA) is 105 Å². The maximum atomic E-state index is 14.7. The zero-order valence-electron chi connectivity index (χ0n) is 20.6. The average molecular weight is 513 g/mol. The van der Waals surface area contributed by atoms with Crippen molar-refractivity contribution in [2.75, 3.05) is 23.3 Å². The number of halogens is 3. The molecule has 0 spiro atoms. The summed E-state index contributed by atoms with van der Waals surface area (Å²) in [6.07, 6.45) is 6.85. The van der Waals surface area contributed by atoms with Gasteiger partial charge in [-0.05, 0) is 42.3 Å². The number of anilines is 3. The Morgan fingerprint density at radius 2 is 1.92 bits per heavy atom. The molecule has 2 N–H and O–H groups in total. The van der Waals surface area contributed by atoms with Gasteiger partial charge in [0, 0.05) is 42.3 Å². The highest BCUT2D eigenvalue weighted by Gasteiger charge is 2.39. The lowest BCUT2D eigenvalue weighted by Gasteiger charge is -2.38. The highest BCUT2D eigenvalue weighted by atomic mass is 19.3. The van der Waals surface area contributed by atoms with Crippen LogP contribution in [0.2, 0.25) is 0 Å². The minimum Gasteiger partial charge on any atom is -0.390 e. The van der Waals surface area contributed by atoms with E-state index >= 15 is 0 Å². The summed E-state index contributed by atoms with van der Waals surface area (Å²) in [7, 11) is 0.